The first kappa shape index (κ1) is 33.2. The van der Waals surface area contributed by atoms with Crippen molar-refractivity contribution in [3.05, 3.63) is 138 Å². The summed E-state index contributed by atoms with van der Waals surface area (Å²) < 4.78 is 2.06. The fourth-order valence-corrected chi connectivity index (χ4v) is 9.41. The molecule has 2 nitrogen and oxygen atoms in total. The van der Waals surface area contributed by atoms with E-state index < -0.39 is 5.60 Å². The van der Waals surface area contributed by atoms with Gasteiger partial charge in [0.05, 0.1) is 5.69 Å². The Hall–Kier alpha value is -2.02. The van der Waals surface area contributed by atoms with Gasteiger partial charge in [-0.05, 0) is 40.2 Å². The van der Waals surface area contributed by atoms with Crippen molar-refractivity contribution >= 4 is 22.2 Å². The van der Waals surface area contributed by atoms with Gasteiger partial charge in [0.1, 0.15) is 0 Å². The first-order chi connectivity index (χ1) is 18.7. The van der Waals surface area contributed by atoms with Gasteiger partial charge in [-0.3, -0.25) is 4.98 Å². The first-order valence-corrected chi connectivity index (χ1v) is 18.1. The van der Waals surface area contributed by atoms with E-state index in [2.05, 4.69) is 63.3 Å². The van der Waals surface area contributed by atoms with Gasteiger partial charge in [-0.1, -0.05) is 116 Å². The van der Waals surface area contributed by atoms with Crippen molar-refractivity contribution in [1.29, 1.82) is 0 Å². The maximum absolute atomic E-state index is 11.4. The van der Waals surface area contributed by atoms with E-state index in [1.807, 2.05) is 97.1 Å². The van der Waals surface area contributed by atoms with E-state index in [0.717, 1.165) is 28.1 Å². The molecule has 4 aromatic rings. The van der Waals surface area contributed by atoms with E-state index in [-0.39, 0.29) is 23.6 Å². The van der Waals surface area contributed by atoms with Gasteiger partial charge in [-0.2, -0.15) is 0 Å². The third-order valence-electron chi connectivity index (χ3n) is 6.16. The Kier molecular flexibility index (Phi) is 15.0. The van der Waals surface area contributed by atoms with Crippen molar-refractivity contribution in [1.82, 2.24) is 4.98 Å². The van der Waals surface area contributed by atoms with Gasteiger partial charge >= 0.3 is 65.9 Å². The van der Waals surface area contributed by atoms with Crippen molar-refractivity contribution in [2.45, 2.75) is 64.1 Å². The van der Waals surface area contributed by atoms with E-state index in [0.29, 0.717) is 5.69 Å². The SMILES string of the molecule is CC(C)P(C(C)C)C(C)C.OC(c1ccccc1)(c1ccccc1)c1ccccn1.[Cl][Ru]=[CH]c1ccccc1. The van der Waals surface area contributed by atoms with Gasteiger partial charge in [0, 0.05) is 6.20 Å². The molecule has 3 aromatic carbocycles. The van der Waals surface area contributed by atoms with Gasteiger partial charge in [0.2, 0.25) is 0 Å². The Labute approximate surface area is 248 Å². The summed E-state index contributed by atoms with van der Waals surface area (Å²) in [7, 11) is 5.83. The van der Waals surface area contributed by atoms with Crippen LogP contribution in [0.5, 0.6) is 0 Å². The molecule has 5 heteroatoms. The van der Waals surface area contributed by atoms with Gasteiger partial charge in [-0.25, -0.2) is 0 Å². The standard InChI is InChI=1S/C18H15NO.C9H21P.C7H6.ClH.Ru/c20-18(15-9-3-1-4-10-15,16-11-5-2-6-12-16)17-13-7-8-14-19-17;1-7(2)10(8(3)4)9(5)6;1-7-5-3-2-4-6-7;;/h1-14,20H;7-9H,1-6H3;1-6H;1H;/q;;;;+1/p-1. The zero-order valence-electron chi connectivity index (χ0n) is 23.9. The normalized spacial score (nSPS) is 11.6. The van der Waals surface area contributed by atoms with Crippen LogP contribution in [0.3, 0.4) is 0 Å². The molecule has 0 aliphatic heterocycles. The molecule has 0 radical (unpaired) electrons. The Bertz CT molecular complexity index is 1090. The van der Waals surface area contributed by atoms with Crippen LogP contribution in [0.1, 0.15) is 63.9 Å². The Morgan fingerprint density at radius 2 is 1.08 bits per heavy atom. The van der Waals surface area contributed by atoms with Crippen LogP contribution in [0.4, 0.5) is 0 Å². The van der Waals surface area contributed by atoms with E-state index in [1.165, 1.54) is 5.56 Å². The molecule has 1 N–H and O–H groups in total. The third kappa shape index (κ3) is 10.5. The van der Waals surface area contributed by atoms with Gasteiger partial charge in [-0.15, -0.1) is 0 Å². The van der Waals surface area contributed by atoms with Crippen LogP contribution >= 0.6 is 17.6 Å². The molecule has 0 atom stereocenters. The zero-order valence-corrected chi connectivity index (χ0v) is 27.2. The second-order valence-electron chi connectivity index (χ2n) is 9.98. The predicted octanol–water partition coefficient (Wildman–Crippen LogP) is 9.13. The summed E-state index contributed by atoms with van der Waals surface area (Å²) in [5.41, 5.74) is 4.93. The number of aromatic nitrogens is 1. The topological polar surface area (TPSA) is 33.1 Å². The number of pyridine rings is 1. The summed E-state index contributed by atoms with van der Waals surface area (Å²) in [4.78, 5) is 4.35. The summed E-state index contributed by atoms with van der Waals surface area (Å²) in [6, 6.07) is 35.0. The summed E-state index contributed by atoms with van der Waals surface area (Å²) in [6.45, 7) is 14.1. The average molecular weight is 648 g/mol. The molecule has 0 fully saturated rings. The molecule has 39 heavy (non-hydrogen) atoms. The number of hydrogen-bond acceptors (Lipinski definition) is 2. The van der Waals surface area contributed by atoms with Crippen molar-refractivity contribution in [2.75, 3.05) is 0 Å². The van der Waals surface area contributed by atoms with Crippen LogP contribution in [0.25, 0.3) is 0 Å². The second-order valence-corrected chi connectivity index (χ2v) is 15.8. The Balaban J connectivity index is 0.000000236. The van der Waals surface area contributed by atoms with E-state index in [1.54, 1.807) is 6.20 Å². The molecular formula is C34H42ClNOPRu. The number of hydrogen-bond donors (Lipinski definition) is 1. The fraction of sp³-hybridized carbons (Fsp3) is 0.294. The van der Waals surface area contributed by atoms with Gasteiger partial charge < -0.3 is 5.11 Å². The number of aliphatic hydroxyl groups is 1. The quantitative estimate of drug-likeness (QED) is 0.160. The van der Waals surface area contributed by atoms with Crippen LogP contribution in [-0.4, -0.2) is 31.7 Å². The monoisotopic (exact) mass is 648 g/mol. The van der Waals surface area contributed by atoms with E-state index >= 15 is 0 Å². The molecule has 0 saturated heterocycles. The third-order valence-corrected chi connectivity index (χ3v) is 11.0. The molecule has 0 aliphatic carbocycles. The number of rotatable bonds is 7. The fourth-order valence-electron chi connectivity index (χ4n) is 4.75. The van der Waals surface area contributed by atoms with Crippen LogP contribution < -0.4 is 0 Å². The molecule has 209 valence electrons. The van der Waals surface area contributed by atoms with Crippen LogP contribution in [0.15, 0.2) is 115 Å². The summed E-state index contributed by atoms with van der Waals surface area (Å²) >= 11 is -0.0765. The number of halogens is 1. The molecule has 0 bridgehead atoms. The summed E-state index contributed by atoms with van der Waals surface area (Å²) in [6.07, 6.45) is 1.70. The molecule has 0 spiro atoms. The molecule has 1 aromatic heterocycles. The van der Waals surface area contributed by atoms with E-state index in [4.69, 9.17) is 9.69 Å². The van der Waals surface area contributed by atoms with Crippen molar-refractivity contribution in [3.8, 4) is 0 Å². The minimum absolute atomic E-state index is 0.0765. The second kappa shape index (κ2) is 17.6. The van der Waals surface area contributed by atoms with Crippen LogP contribution in [0.2, 0.25) is 0 Å². The average Bonchev–Trinajstić information content (AvgIpc) is 2.95. The molecule has 4 rings (SSSR count). The predicted molar refractivity (Wildman–Crippen MR) is 169 cm³/mol. The minimum atomic E-state index is -1.23. The molecule has 0 aliphatic rings. The van der Waals surface area contributed by atoms with Crippen LogP contribution in [0, 0.1) is 0 Å². The first-order valence-electron chi connectivity index (χ1n) is 13.3. The number of benzene rings is 3. The van der Waals surface area contributed by atoms with Crippen molar-refractivity contribution in [3.63, 3.8) is 0 Å². The molecule has 0 unspecified atom stereocenters. The van der Waals surface area contributed by atoms with Crippen molar-refractivity contribution < 1.29 is 20.8 Å². The zero-order chi connectivity index (χ0) is 28.7. The van der Waals surface area contributed by atoms with E-state index in [9.17, 15) is 5.11 Å². The molecular weight excluding hydrogens is 606 g/mol. The molecule has 1 heterocycles. The molecule has 0 amide bonds. The Morgan fingerprint density at radius 1 is 0.667 bits per heavy atom. The summed E-state index contributed by atoms with van der Waals surface area (Å²) in [5, 5.41) is 11.4. The molecule has 0 saturated carbocycles. The summed E-state index contributed by atoms with van der Waals surface area (Å²) in [5.74, 6) is 0. The Morgan fingerprint density at radius 3 is 1.41 bits per heavy atom. The van der Waals surface area contributed by atoms with Gasteiger partial charge in [0.15, 0.2) is 5.60 Å². The number of nitrogens with zero attached hydrogens (tertiary/aromatic N) is 1. The maximum atomic E-state index is 11.4. The van der Waals surface area contributed by atoms with Crippen LogP contribution in [-0.2, 0) is 21.3 Å². The van der Waals surface area contributed by atoms with Crippen molar-refractivity contribution in [2.24, 2.45) is 0 Å². The van der Waals surface area contributed by atoms with Gasteiger partial charge in [0.25, 0.3) is 0 Å².